The van der Waals surface area contributed by atoms with Crippen LogP contribution < -0.4 is 5.73 Å². The average molecular weight is 339 g/mol. The largest absolute Gasteiger partial charge is 0.368 e. The third kappa shape index (κ3) is 2.55. The molecule has 0 atom stereocenters. The van der Waals surface area contributed by atoms with E-state index in [1.807, 2.05) is 0 Å². The van der Waals surface area contributed by atoms with Crippen LogP contribution in [-0.4, -0.2) is 35.8 Å². The highest BCUT2D eigenvalue weighted by Gasteiger charge is 2.31. The van der Waals surface area contributed by atoms with E-state index in [0.29, 0.717) is 24.3 Å². The first-order chi connectivity index (χ1) is 10.4. The van der Waals surface area contributed by atoms with Gasteiger partial charge in [0.2, 0.25) is 16.0 Å². The van der Waals surface area contributed by atoms with Crippen molar-refractivity contribution in [2.45, 2.75) is 18.2 Å². The molecule has 1 aliphatic rings. The lowest BCUT2D eigenvalue weighted by Crippen LogP contribution is -2.42. The van der Waals surface area contributed by atoms with Crippen LogP contribution in [0.2, 0.25) is 5.02 Å². The normalized spacial score (nSPS) is 15.5. The van der Waals surface area contributed by atoms with Gasteiger partial charge < -0.3 is 5.73 Å². The van der Waals surface area contributed by atoms with E-state index < -0.39 is 10.0 Å². The Morgan fingerprint density at radius 3 is 2.64 bits per heavy atom. The quantitative estimate of drug-likeness (QED) is 0.925. The fraction of sp³-hybridized carbons (Fsp3) is 0.286. The zero-order valence-corrected chi connectivity index (χ0v) is 13.5. The van der Waals surface area contributed by atoms with Gasteiger partial charge in [0.25, 0.3) is 0 Å². The molecule has 22 heavy (non-hydrogen) atoms. The van der Waals surface area contributed by atoms with E-state index in [-0.39, 0.29) is 15.9 Å². The molecule has 2 heterocycles. The van der Waals surface area contributed by atoms with Crippen molar-refractivity contribution in [3.8, 4) is 11.1 Å². The molecule has 0 unspecified atom stereocenters. The Labute approximate surface area is 134 Å². The number of nitrogen functional groups attached to an aromatic ring is 1. The van der Waals surface area contributed by atoms with E-state index in [1.165, 1.54) is 4.31 Å². The number of halogens is 1. The summed E-state index contributed by atoms with van der Waals surface area (Å²) in [5.74, 6) is 0.184. The molecule has 2 N–H and O–H groups in total. The van der Waals surface area contributed by atoms with E-state index in [2.05, 4.69) is 9.97 Å². The minimum atomic E-state index is -3.55. The number of nitrogens with zero attached hydrogens (tertiary/aromatic N) is 3. The van der Waals surface area contributed by atoms with Crippen LogP contribution in [-0.2, 0) is 10.0 Å². The summed E-state index contributed by atoms with van der Waals surface area (Å²) in [7, 11) is -3.55. The first kappa shape index (κ1) is 15.2. The van der Waals surface area contributed by atoms with Crippen molar-refractivity contribution < 1.29 is 8.42 Å². The van der Waals surface area contributed by atoms with Gasteiger partial charge in [0.1, 0.15) is 4.90 Å². The van der Waals surface area contributed by atoms with Crippen molar-refractivity contribution in [1.29, 1.82) is 0 Å². The third-order valence-electron chi connectivity index (χ3n) is 3.67. The van der Waals surface area contributed by atoms with Gasteiger partial charge >= 0.3 is 0 Å². The number of hydrogen-bond donors (Lipinski definition) is 1. The Kier molecular flexibility index (Phi) is 3.80. The van der Waals surface area contributed by atoms with Crippen LogP contribution in [0.3, 0.4) is 0 Å². The molecule has 0 amide bonds. The summed E-state index contributed by atoms with van der Waals surface area (Å²) in [6.45, 7) is 2.87. The molecule has 3 rings (SSSR count). The second-order valence-electron chi connectivity index (χ2n) is 5.13. The lowest BCUT2D eigenvalue weighted by Gasteiger charge is -2.30. The molecule has 116 valence electrons. The Morgan fingerprint density at radius 2 is 2.05 bits per heavy atom. The average Bonchev–Trinajstić information content (AvgIpc) is 2.37. The number of anilines is 1. The predicted octanol–water partition coefficient (Wildman–Crippen LogP) is 2.08. The summed E-state index contributed by atoms with van der Waals surface area (Å²) < 4.78 is 26.5. The summed E-state index contributed by atoms with van der Waals surface area (Å²) in [5, 5.41) is 0.213. The first-order valence-corrected chi connectivity index (χ1v) is 8.60. The van der Waals surface area contributed by atoms with Gasteiger partial charge in [-0.2, -0.15) is 4.31 Å². The van der Waals surface area contributed by atoms with Crippen LogP contribution in [0.4, 0.5) is 5.95 Å². The fourth-order valence-corrected chi connectivity index (χ4v) is 4.32. The van der Waals surface area contributed by atoms with Crippen molar-refractivity contribution >= 4 is 27.6 Å². The van der Waals surface area contributed by atoms with Crippen LogP contribution >= 0.6 is 11.6 Å². The highest BCUT2D eigenvalue weighted by molar-refractivity contribution is 7.89. The maximum absolute atomic E-state index is 12.5. The lowest BCUT2D eigenvalue weighted by atomic mass is 10.1. The minimum Gasteiger partial charge on any atom is -0.368 e. The highest BCUT2D eigenvalue weighted by Crippen LogP contribution is 2.32. The second-order valence-corrected chi connectivity index (χ2v) is 7.44. The van der Waals surface area contributed by atoms with Gasteiger partial charge in [-0.1, -0.05) is 17.7 Å². The van der Waals surface area contributed by atoms with Gasteiger partial charge in [0.15, 0.2) is 0 Å². The molecule has 0 radical (unpaired) electrons. The summed E-state index contributed by atoms with van der Waals surface area (Å²) in [6.07, 6.45) is 2.46. The summed E-state index contributed by atoms with van der Waals surface area (Å²) in [4.78, 5) is 8.18. The molecular weight excluding hydrogens is 324 g/mol. The number of aryl methyl sites for hydroxylation is 1. The van der Waals surface area contributed by atoms with Crippen LogP contribution in [0, 0.1) is 6.92 Å². The zero-order valence-electron chi connectivity index (χ0n) is 12.0. The molecule has 1 aromatic heterocycles. The van der Waals surface area contributed by atoms with Gasteiger partial charge in [-0.05, 0) is 31.0 Å². The summed E-state index contributed by atoms with van der Waals surface area (Å²) in [6, 6.07) is 4.90. The van der Waals surface area contributed by atoms with E-state index in [9.17, 15) is 8.42 Å². The number of sulfonamides is 1. The van der Waals surface area contributed by atoms with Crippen LogP contribution in [0.1, 0.15) is 12.1 Å². The molecule has 0 aliphatic carbocycles. The Hall–Kier alpha value is -1.70. The molecule has 0 bridgehead atoms. The Morgan fingerprint density at radius 1 is 1.32 bits per heavy atom. The standard InChI is InChI=1S/C14H15ClN4O2S/c1-9-11(8-17-14(16)18-9)10-3-4-12(15)13(7-10)22(20,21)19-5-2-6-19/h3-4,7-8H,2,5-6H2,1H3,(H2,16,17,18). The maximum Gasteiger partial charge on any atom is 0.244 e. The number of nitrogens with two attached hydrogens (primary N) is 1. The molecule has 1 saturated heterocycles. The van der Waals surface area contributed by atoms with E-state index in [1.54, 1.807) is 31.3 Å². The topological polar surface area (TPSA) is 89.2 Å². The van der Waals surface area contributed by atoms with Crippen LogP contribution in [0.15, 0.2) is 29.3 Å². The van der Waals surface area contributed by atoms with Gasteiger partial charge in [-0.3, -0.25) is 0 Å². The van der Waals surface area contributed by atoms with Gasteiger partial charge in [-0.25, -0.2) is 18.4 Å². The SMILES string of the molecule is Cc1nc(N)ncc1-c1ccc(Cl)c(S(=O)(=O)N2CCC2)c1. The smallest absolute Gasteiger partial charge is 0.244 e. The van der Waals surface area contributed by atoms with Gasteiger partial charge in [0, 0.05) is 24.8 Å². The number of rotatable bonds is 3. The van der Waals surface area contributed by atoms with E-state index in [4.69, 9.17) is 17.3 Å². The second kappa shape index (κ2) is 5.49. The molecule has 8 heteroatoms. The number of aromatic nitrogens is 2. The maximum atomic E-state index is 12.5. The first-order valence-electron chi connectivity index (χ1n) is 6.79. The fourth-order valence-electron chi connectivity index (χ4n) is 2.30. The molecule has 6 nitrogen and oxygen atoms in total. The van der Waals surface area contributed by atoms with Crippen molar-refractivity contribution in [3.63, 3.8) is 0 Å². The van der Waals surface area contributed by atoms with Gasteiger partial charge in [-0.15, -0.1) is 0 Å². The molecule has 0 saturated carbocycles. The van der Waals surface area contributed by atoms with E-state index in [0.717, 1.165) is 12.0 Å². The van der Waals surface area contributed by atoms with Gasteiger partial charge in [0.05, 0.1) is 10.7 Å². The third-order valence-corrected chi connectivity index (χ3v) is 6.05. The molecule has 0 spiro atoms. The molecule has 1 aromatic carbocycles. The molecule has 2 aromatic rings. The van der Waals surface area contributed by atoms with Crippen molar-refractivity contribution in [3.05, 3.63) is 35.1 Å². The molecule has 1 fully saturated rings. The Bertz CT molecular complexity index is 835. The van der Waals surface area contributed by atoms with Crippen LogP contribution in [0.5, 0.6) is 0 Å². The molecule has 1 aliphatic heterocycles. The summed E-state index contributed by atoms with van der Waals surface area (Å²) in [5.41, 5.74) is 7.65. The minimum absolute atomic E-state index is 0.114. The zero-order chi connectivity index (χ0) is 15.9. The highest BCUT2D eigenvalue weighted by atomic mass is 35.5. The van der Waals surface area contributed by atoms with Crippen molar-refractivity contribution in [2.24, 2.45) is 0 Å². The predicted molar refractivity (Wildman–Crippen MR) is 85.0 cm³/mol. The number of benzene rings is 1. The van der Waals surface area contributed by atoms with Crippen LogP contribution in [0.25, 0.3) is 11.1 Å². The monoisotopic (exact) mass is 338 g/mol. The summed E-state index contributed by atoms with van der Waals surface area (Å²) >= 11 is 6.10. The van der Waals surface area contributed by atoms with E-state index >= 15 is 0 Å². The Balaban J connectivity index is 2.10. The molecular formula is C14H15ClN4O2S. The van der Waals surface area contributed by atoms with Crippen molar-refractivity contribution in [1.82, 2.24) is 14.3 Å². The lowest BCUT2D eigenvalue weighted by molar-refractivity contribution is 0.309. The van der Waals surface area contributed by atoms with Crippen molar-refractivity contribution in [2.75, 3.05) is 18.8 Å². The number of hydrogen-bond acceptors (Lipinski definition) is 5.